The van der Waals surface area contributed by atoms with Gasteiger partial charge in [0.05, 0.1) is 0 Å². The molecule has 0 heterocycles. The van der Waals surface area contributed by atoms with Gasteiger partial charge in [0.2, 0.25) is 0 Å². The monoisotopic (exact) mass is 167 g/mol. The summed E-state index contributed by atoms with van der Waals surface area (Å²) in [5.74, 6) is 1.78. The van der Waals surface area contributed by atoms with Crippen molar-refractivity contribution in [2.75, 3.05) is 6.54 Å². The maximum Gasteiger partial charge on any atom is -0.00426 e. The summed E-state index contributed by atoms with van der Waals surface area (Å²) in [5.41, 5.74) is 5.42. The van der Waals surface area contributed by atoms with Gasteiger partial charge in [-0.15, -0.1) is 0 Å². The molecule has 0 aromatic rings. The van der Waals surface area contributed by atoms with Crippen molar-refractivity contribution in [1.29, 1.82) is 0 Å². The second kappa shape index (κ2) is 5.36. The molecule has 0 aliphatic heterocycles. The lowest BCUT2D eigenvalue weighted by atomic mass is 9.82. The third-order valence-electron chi connectivity index (χ3n) is 2.72. The van der Waals surface area contributed by atoms with Gasteiger partial charge in [0.15, 0.2) is 0 Å². The van der Waals surface area contributed by atoms with Crippen LogP contribution in [0.3, 0.4) is 0 Å². The van der Waals surface area contributed by atoms with E-state index in [1.165, 1.54) is 25.7 Å². The molecule has 1 saturated carbocycles. The van der Waals surface area contributed by atoms with Crippen LogP contribution in [0.25, 0.3) is 0 Å². The fourth-order valence-electron chi connectivity index (χ4n) is 2.04. The number of nitrogens with two attached hydrogens (primary N) is 1. The van der Waals surface area contributed by atoms with E-state index in [0.29, 0.717) is 0 Å². The summed E-state index contributed by atoms with van der Waals surface area (Å²) in [7, 11) is 0. The molecule has 1 heteroatoms. The molecule has 0 radical (unpaired) electrons. The highest BCUT2D eigenvalue weighted by Crippen LogP contribution is 2.29. The van der Waals surface area contributed by atoms with Crippen LogP contribution < -0.4 is 5.73 Å². The molecule has 1 fully saturated rings. The third kappa shape index (κ3) is 3.40. The predicted molar refractivity (Wildman–Crippen MR) is 53.9 cm³/mol. The minimum absolute atomic E-state index is 0.790. The number of allylic oxidation sites excluding steroid dienone is 1. The zero-order valence-electron chi connectivity index (χ0n) is 8.13. The van der Waals surface area contributed by atoms with E-state index in [9.17, 15) is 0 Å². The van der Waals surface area contributed by atoms with E-state index >= 15 is 0 Å². The zero-order valence-corrected chi connectivity index (χ0v) is 8.13. The lowest BCUT2D eigenvalue weighted by molar-refractivity contribution is 0.325. The van der Waals surface area contributed by atoms with Crippen LogP contribution in [-0.2, 0) is 0 Å². The minimum Gasteiger partial charge on any atom is -0.330 e. The standard InChI is InChI=1S/C11H21N/c1-10-5-4-7-11(9-10)6-2-3-8-12/h2,6,10-11H,3-5,7-9,12H2,1H3. The van der Waals surface area contributed by atoms with Crippen molar-refractivity contribution in [2.24, 2.45) is 17.6 Å². The van der Waals surface area contributed by atoms with Gasteiger partial charge in [0.1, 0.15) is 0 Å². The Morgan fingerprint density at radius 2 is 2.25 bits per heavy atom. The van der Waals surface area contributed by atoms with Crippen LogP contribution in [0.15, 0.2) is 12.2 Å². The SMILES string of the molecule is CC1CCCC(C=CCCN)C1. The fraction of sp³-hybridized carbons (Fsp3) is 0.818. The molecule has 2 N–H and O–H groups in total. The second-order valence-corrected chi connectivity index (χ2v) is 4.04. The Bertz CT molecular complexity index is 140. The van der Waals surface area contributed by atoms with Crippen molar-refractivity contribution in [3.63, 3.8) is 0 Å². The molecule has 0 aromatic heterocycles. The first-order chi connectivity index (χ1) is 5.83. The zero-order chi connectivity index (χ0) is 8.81. The molecule has 0 bridgehead atoms. The Morgan fingerprint density at radius 3 is 2.92 bits per heavy atom. The van der Waals surface area contributed by atoms with Gasteiger partial charge in [0, 0.05) is 0 Å². The topological polar surface area (TPSA) is 26.0 Å². The molecule has 0 spiro atoms. The number of hydrogen-bond donors (Lipinski definition) is 1. The quantitative estimate of drug-likeness (QED) is 0.643. The van der Waals surface area contributed by atoms with Crippen molar-refractivity contribution in [2.45, 2.75) is 39.0 Å². The number of hydrogen-bond acceptors (Lipinski definition) is 1. The van der Waals surface area contributed by atoms with Gasteiger partial charge in [-0.05, 0) is 37.6 Å². The molecule has 1 aliphatic rings. The first kappa shape index (κ1) is 9.79. The van der Waals surface area contributed by atoms with Crippen LogP contribution in [-0.4, -0.2) is 6.54 Å². The molecule has 2 unspecified atom stereocenters. The van der Waals surface area contributed by atoms with Gasteiger partial charge < -0.3 is 5.73 Å². The van der Waals surface area contributed by atoms with Crippen LogP contribution in [0.2, 0.25) is 0 Å². The highest BCUT2D eigenvalue weighted by molar-refractivity contribution is 4.90. The predicted octanol–water partition coefficient (Wildman–Crippen LogP) is 2.72. The molecule has 70 valence electrons. The Morgan fingerprint density at radius 1 is 1.42 bits per heavy atom. The van der Waals surface area contributed by atoms with Crippen molar-refractivity contribution in [1.82, 2.24) is 0 Å². The summed E-state index contributed by atoms with van der Waals surface area (Å²) in [6.07, 6.45) is 11.3. The maximum absolute atomic E-state index is 5.42. The van der Waals surface area contributed by atoms with E-state index in [1.54, 1.807) is 0 Å². The highest BCUT2D eigenvalue weighted by Gasteiger charge is 2.15. The largest absolute Gasteiger partial charge is 0.330 e. The van der Waals surface area contributed by atoms with Crippen molar-refractivity contribution < 1.29 is 0 Å². The minimum atomic E-state index is 0.790. The average molecular weight is 167 g/mol. The molecular formula is C11H21N. The van der Waals surface area contributed by atoms with Gasteiger partial charge in [-0.25, -0.2) is 0 Å². The summed E-state index contributed by atoms with van der Waals surface area (Å²) < 4.78 is 0. The summed E-state index contributed by atoms with van der Waals surface area (Å²) in [5, 5.41) is 0. The van der Waals surface area contributed by atoms with Crippen LogP contribution >= 0.6 is 0 Å². The summed E-state index contributed by atoms with van der Waals surface area (Å²) in [6.45, 7) is 3.15. The lowest BCUT2D eigenvalue weighted by Crippen LogP contribution is -2.11. The first-order valence-corrected chi connectivity index (χ1v) is 5.19. The van der Waals surface area contributed by atoms with Crippen molar-refractivity contribution in [3.8, 4) is 0 Å². The van der Waals surface area contributed by atoms with Gasteiger partial charge >= 0.3 is 0 Å². The van der Waals surface area contributed by atoms with Gasteiger partial charge in [-0.2, -0.15) is 0 Å². The molecular weight excluding hydrogens is 146 g/mol. The average Bonchev–Trinajstić information content (AvgIpc) is 2.05. The lowest BCUT2D eigenvalue weighted by Gasteiger charge is -2.24. The third-order valence-corrected chi connectivity index (χ3v) is 2.72. The van der Waals surface area contributed by atoms with E-state index in [2.05, 4.69) is 19.1 Å². The highest BCUT2D eigenvalue weighted by atomic mass is 14.5. The molecule has 1 nitrogen and oxygen atoms in total. The Balaban J connectivity index is 2.22. The second-order valence-electron chi connectivity index (χ2n) is 4.04. The van der Waals surface area contributed by atoms with E-state index in [-0.39, 0.29) is 0 Å². The van der Waals surface area contributed by atoms with Gasteiger partial charge in [0.25, 0.3) is 0 Å². The van der Waals surface area contributed by atoms with Crippen molar-refractivity contribution in [3.05, 3.63) is 12.2 Å². The fourth-order valence-corrected chi connectivity index (χ4v) is 2.04. The Labute approximate surface area is 76.0 Å². The maximum atomic E-state index is 5.42. The molecule has 12 heavy (non-hydrogen) atoms. The molecule has 0 amide bonds. The van der Waals surface area contributed by atoms with E-state index < -0.39 is 0 Å². The van der Waals surface area contributed by atoms with Gasteiger partial charge in [-0.3, -0.25) is 0 Å². The van der Waals surface area contributed by atoms with E-state index in [1.807, 2.05) is 0 Å². The van der Waals surface area contributed by atoms with Gasteiger partial charge in [-0.1, -0.05) is 31.9 Å². The number of rotatable bonds is 3. The van der Waals surface area contributed by atoms with Crippen LogP contribution in [0.5, 0.6) is 0 Å². The van der Waals surface area contributed by atoms with E-state index in [0.717, 1.165) is 24.8 Å². The summed E-state index contributed by atoms with van der Waals surface area (Å²) >= 11 is 0. The summed E-state index contributed by atoms with van der Waals surface area (Å²) in [6, 6.07) is 0. The smallest absolute Gasteiger partial charge is 0.00426 e. The first-order valence-electron chi connectivity index (χ1n) is 5.19. The molecule has 1 aliphatic carbocycles. The summed E-state index contributed by atoms with van der Waals surface area (Å²) in [4.78, 5) is 0. The molecule has 0 aromatic carbocycles. The Kier molecular flexibility index (Phi) is 4.37. The van der Waals surface area contributed by atoms with Crippen LogP contribution in [0.1, 0.15) is 39.0 Å². The molecule has 0 saturated heterocycles. The molecule has 2 atom stereocenters. The normalized spacial score (nSPS) is 31.2. The van der Waals surface area contributed by atoms with Crippen LogP contribution in [0, 0.1) is 11.8 Å². The Hall–Kier alpha value is -0.300. The van der Waals surface area contributed by atoms with E-state index in [4.69, 9.17) is 5.73 Å². The van der Waals surface area contributed by atoms with Crippen LogP contribution in [0.4, 0.5) is 0 Å². The molecule has 1 rings (SSSR count). The van der Waals surface area contributed by atoms with Crippen molar-refractivity contribution >= 4 is 0 Å².